The van der Waals surface area contributed by atoms with Crippen LogP contribution in [0.25, 0.3) is 0 Å². The molecule has 2 aliphatic rings. The summed E-state index contributed by atoms with van der Waals surface area (Å²) in [5, 5.41) is 9.30. The fourth-order valence-corrected chi connectivity index (χ4v) is 6.55. The summed E-state index contributed by atoms with van der Waals surface area (Å²) in [6, 6.07) is 10.1. The zero-order chi connectivity index (χ0) is 30.0. The normalized spacial score (nSPS) is 26.2. The van der Waals surface area contributed by atoms with Gasteiger partial charge in [0.2, 0.25) is 0 Å². The van der Waals surface area contributed by atoms with Gasteiger partial charge in [-0.3, -0.25) is 9.59 Å². The summed E-state index contributed by atoms with van der Waals surface area (Å²) >= 11 is 0. The van der Waals surface area contributed by atoms with Crippen molar-refractivity contribution < 1.29 is 28.9 Å². The quantitative estimate of drug-likeness (QED) is 0.338. The summed E-state index contributed by atoms with van der Waals surface area (Å²) in [5.74, 6) is 1.00. The number of carbonyl (C=O) groups is 2. The molecule has 0 saturated heterocycles. The van der Waals surface area contributed by atoms with Crippen molar-refractivity contribution in [1.82, 2.24) is 0 Å². The van der Waals surface area contributed by atoms with Gasteiger partial charge < -0.3 is 19.3 Å². The lowest BCUT2D eigenvalue weighted by Gasteiger charge is -2.42. The SMILES string of the molecule is COC(=O)C(CO)C1CCC(C(C)(C)C)CC1.COC(=O)C1(COCc2ccccc2)CCC(C(C)(C)C)CC1. The van der Waals surface area contributed by atoms with E-state index in [0.29, 0.717) is 35.9 Å². The van der Waals surface area contributed by atoms with Crippen molar-refractivity contribution in [2.24, 2.45) is 39.9 Å². The van der Waals surface area contributed by atoms with Crippen molar-refractivity contribution in [2.45, 2.75) is 99.5 Å². The van der Waals surface area contributed by atoms with Crippen molar-refractivity contribution in [3.63, 3.8) is 0 Å². The summed E-state index contributed by atoms with van der Waals surface area (Å²) in [6.07, 6.45) is 8.21. The highest BCUT2D eigenvalue weighted by Gasteiger charge is 2.45. The summed E-state index contributed by atoms with van der Waals surface area (Å²) < 4.78 is 15.8. The molecule has 1 aromatic rings. The van der Waals surface area contributed by atoms with Crippen molar-refractivity contribution in [3.8, 4) is 0 Å². The predicted molar refractivity (Wildman–Crippen MR) is 159 cm³/mol. The van der Waals surface area contributed by atoms with E-state index in [1.165, 1.54) is 14.2 Å². The van der Waals surface area contributed by atoms with Crippen LogP contribution in [-0.2, 0) is 30.4 Å². The molecule has 0 heterocycles. The number of benzene rings is 1. The molecule has 2 aliphatic carbocycles. The molecule has 6 nitrogen and oxygen atoms in total. The van der Waals surface area contributed by atoms with Gasteiger partial charge in [-0.2, -0.15) is 0 Å². The number of aliphatic hydroxyl groups is 1. The molecule has 6 heteroatoms. The second kappa shape index (κ2) is 15.3. The molecule has 1 atom stereocenters. The zero-order valence-electron chi connectivity index (χ0n) is 26.5. The number of ether oxygens (including phenoxy) is 3. The smallest absolute Gasteiger partial charge is 0.314 e. The Labute approximate surface area is 243 Å². The number of aliphatic hydroxyl groups excluding tert-OH is 1. The minimum absolute atomic E-state index is 0.0858. The Hall–Kier alpha value is -1.92. The largest absolute Gasteiger partial charge is 0.469 e. The number of esters is 2. The third kappa shape index (κ3) is 9.87. The van der Waals surface area contributed by atoms with E-state index in [9.17, 15) is 14.7 Å². The van der Waals surface area contributed by atoms with Gasteiger partial charge in [-0.1, -0.05) is 71.9 Å². The first-order chi connectivity index (χ1) is 18.8. The lowest BCUT2D eigenvalue weighted by Crippen LogP contribution is -2.42. The van der Waals surface area contributed by atoms with Crippen molar-refractivity contribution in [2.75, 3.05) is 27.4 Å². The Morgan fingerprint density at radius 2 is 1.38 bits per heavy atom. The lowest BCUT2D eigenvalue weighted by atomic mass is 9.64. The predicted octanol–water partition coefficient (Wildman–Crippen LogP) is 7.22. The van der Waals surface area contributed by atoms with Crippen LogP contribution in [0, 0.1) is 39.9 Å². The molecule has 0 amide bonds. The Kier molecular flexibility index (Phi) is 13.2. The minimum Gasteiger partial charge on any atom is -0.469 e. The molecule has 1 unspecified atom stereocenters. The maximum atomic E-state index is 12.4. The van der Waals surface area contributed by atoms with E-state index in [1.807, 2.05) is 30.3 Å². The molecule has 1 aromatic carbocycles. The number of methoxy groups -OCH3 is 2. The Morgan fingerprint density at radius 3 is 1.82 bits per heavy atom. The molecular weight excluding hydrogens is 504 g/mol. The van der Waals surface area contributed by atoms with Crippen LogP contribution >= 0.6 is 0 Å². The van der Waals surface area contributed by atoms with Gasteiger partial charge in [-0.05, 0) is 85.5 Å². The van der Waals surface area contributed by atoms with E-state index in [-0.39, 0.29) is 24.5 Å². The molecule has 3 rings (SSSR count). The Balaban J connectivity index is 0.000000294. The van der Waals surface area contributed by atoms with Crippen LogP contribution in [0.3, 0.4) is 0 Å². The van der Waals surface area contributed by atoms with Gasteiger partial charge in [-0.25, -0.2) is 0 Å². The fourth-order valence-electron chi connectivity index (χ4n) is 6.55. The lowest BCUT2D eigenvalue weighted by molar-refractivity contribution is -0.161. The maximum absolute atomic E-state index is 12.4. The van der Waals surface area contributed by atoms with Gasteiger partial charge in [0, 0.05) is 0 Å². The van der Waals surface area contributed by atoms with Crippen LogP contribution in [0.15, 0.2) is 30.3 Å². The second-order valence-electron chi connectivity index (χ2n) is 14.2. The third-order valence-electron chi connectivity index (χ3n) is 9.54. The number of rotatable bonds is 8. The molecule has 2 saturated carbocycles. The highest BCUT2D eigenvalue weighted by molar-refractivity contribution is 5.77. The summed E-state index contributed by atoms with van der Waals surface area (Å²) in [4.78, 5) is 23.9. The molecule has 2 fully saturated rings. The number of hydrogen-bond donors (Lipinski definition) is 1. The second-order valence-corrected chi connectivity index (χ2v) is 14.2. The summed E-state index contributed by atoms with van der Waals surface area (Å²) in [5.41, 5.74) is 1.32. The maximum Gasteiger partial charge on any atom is 0.314 e. The van der Waals surface area contributed by atoms with Gasteiger partial charge in [-0.15, -0.1) is 0 Å². The zero-order valence-corrected chi connectivity index (χ0v) is 26.5. The van der Waals surface area contributed by atoms with Crippen LogP contribution in [0.2, 0.25) is 0 Å². The standard InChI is InChI=1S/C20H30O3.C14H26O3/c1-19(2,3)17-10-12-20(13-11-17,18(21)22-4)15-23-14-16-8-6-5-7-9-16;1-14(2,3)11-7-5-10(6-8-11)12(9-15)13(16)17-4/h5-9,17H,10-15H2,1-4H3;10-12,15H,5-9H2,1-4H3. The van der Waals surface area contributed by atoms with Gasteiger partial charge >= 0.3 is 11.9 Å². The van der Waals surface area contributed by atoms with Crippen LogP contribution in [-0.4, -0.2) is 44.5 Å². The van der Waals surface area contributed by atoms with E-state index in [1.54, 1.807) is 0 Å². The highest BCUT2D eigenvalue weighted by atomic mass is 16.5. The van der Waals surface area contributed by atoms with Crippen LogP contribution < -0.4 is 0 Å². The average Bonchev–Trinajstić information content (AvgIpc) is 2.93. The molecule has 0 spiro atoms. The van der Waals surface area contributed by atoms with Gasteiger partial charge in [0.05, 0.1) is 45.4 Å². The van der Waals surface area contributed by atoms with Gasteiger partial charge in [0.25, 0.3) is 0 Å². The first-order valence-electron chi connectivity index (χ1n) is 15.2. The van der Waals surface area contributed by atoms with Crippen molar-refractivity contribution in [1.29, 1.82) is 0 Å². The van der Waals surface area contributed by atoms with E-state index < -0.39 is 5.41 Å². The van der Waals surface area contributed by atoms with E-state index in [2.05, 4.69) is 41.5 Å². The Morgan fingerprint density at radius 1 is 0.850 bits per heavy atom. The van der Waals surface area contributed by atoms with E-state index in [4.69, 9.17) is 14.2 Å². The molecule has 0 bridgehead atoms. The molecular formula is C34H56O6. The van der Waals surface area contributed by atoms with E-state index >= 15 is 0 Å². The van der Waals surface area contributed by atoms with Crippen LogP contribution in [0.1, 0.15) is 98.5 Å². The number of carbonyl (C=O) groups excluding carboxylic acids is 2. The highest BCUT2D eigenvalue weighted by Crippen LogP contribution is 2.46. The first kappa shape index (κ1) is 34.3. The molecule has 0 aromatic heterocycles. The van der Waals surface area contributed by atoms with Gasteiger partial charge in [0.15, 0.2) is 0 Å². The van der Waals surface area contributed by atoms with E-state index in [0.717, 1.165) is 62.8 Å². The van der Waals surface area contributed by atoms with Crippen molar-refractivity contribution >= 4 is 11.9 Å². The topological polar surface area (TPSA) is 82.1 Å². The fraction of sp³-hybridized carbons (Fsp3) is 0.765. The summed E-state index contributed by atoms with van der Waals surface area (Å²) in [7, 11) is 2.88. The summed E-state index contributed by atoms with van der Waals surface area (Å²) in [6.45, 7) is 14.6. The molecule has 0 radical (unpaired) electrons. The Bertz CT molecular complexity index is 881. The van der Waals surface area contributed by atoms with Gasteiger partial charge in [0.1, 0.15) is 0 Å². The molecule has 1 N–H and O–H groups in total. The molecule has 40 heavy (non-hydrogen) atoms. The minimum atomic E-state index is -0.467. The van der Waals surface area contributed by atoms with Crippen molar-refractivity contribution in [3.05, 3.63) is 35.9 Å². The molecule has 0 aliphatic heterocycles. The molecule has 228 valence electrons. The number of hydrogen-bond acceptors (Lipinski definition) is 6. The monoisotopic (exact) mass is 560 g/mol. The van der Waals surface area contributed by atoms with Crippen LogP contribution in [0.5, 0.6) is 0 Å². The van der Waals surface area contributed by atoms with Crippen LogP contribution in [0.4, 0.5) is 0 Å². The first-order valence-corrected chi connectivity index (χ1v) is 15.2. The average molecular weight is 561 g/mol. The third-order valence-corrected chi connectivity index (χ3v) is 9.54.